The summed E-state index contributed by atoms with van der Waals surface area (Å²) in [4.78, 5) is 11.6. The average molecular weight is 266 g/mol. The first-order chi connectivity index (χ1) is 8.61. The Labute approximate surface area is 109 Å². The molecule has 0 aliphatic carbocycles. The molecule has 6 heteroatoms. The number of nitrogen functional groups attached to an aromatic ring is 1. The van der Waals surface area contributed by atoms with Crippen LogP contribution in [-0.4, -0.2) is 22.4 Å². The number of carbonyl (C=O) groups is 1. The molecule has 1 heterocycles. The lowest BCUT2D eigenvalue weighted by molar-refractivity contribution is 0.0520. The second-order valence-corrected chi connectivity index (χ2v) is 4.01. The van der Waals surface area contributed by atoms with Crippen molar-refractivity contribution < 1.29 is 9.53 Å². The van der Waals surface area contributed by atoms with Crippen LogP contribution >= 0.6 is 11.6 Å². The van der Waals surface area contributed by atoms with Crippen molar-refractivity contribution in [2.24, 2.45) is 0 Å². The van der Waals surface area contributed by atoms with Gasteiger partial charge < -0.3 is 10.5 Å². The number of aromatic nitrogens is 2. The fourth-order valence-electron chi connectivity index (χ4n) is 1.50. The third kappa shape index (κ3) is 2.46. The lowest BCUT2D eigenvalue weighted by atomic mass is 10.3. The second-order valence-electron chi connectivity index (χ2n) is 3.58. The molecule has 2 N–H and O–H groups in total. The minimum atomic E-state index is -0.532. The lowest BCUT2D eigenvalue weighted by Crippen LogP contribution is -2.08. The maximum Gasteiger partial charge on any atom is 0.361 e. The summed E-state index contributed by atoms with van der Waals surface area (Å²) in [6.07, 6.45) is 1.55. The second kappa shape index (κ2) is 5.10. The topological polar surface area (TPSA) is 70.1 Å². The van der Waals surface area contributed by atoms with Crippen molar-refractivity contribution in [3.63, 3.8) is 0 Å². The predicted octanol–water partition coefficient (Wildman–Crippen LogP) is 2.28. The van der Waals surface area contributed by atoms with Crippen LogP contribution < -0.4 is 5.73 Å². The summed E-state index contributed by atoms with van der Waals surface area (Å²) in [6, 6.07) is 7.08. The molecule has 18 heavy (non-hydrogen) atoms. The van der Waals surface area contributed by atoms with Gasteiger partial charge >= 0.3 is 5.97 Å². The molecule has 1 aromatic heterocycles. The summed E-state index contributed by atoms with van der Waals surface area (Å²) in [5.41, 5.74) is 6.84. The molecule has 94 valence electrons. The molecule has 0 saturated carbocycles. The highest BCUT2D eigenvalue weighted by atomic mass is 35.5. The number of carbonyl (C=O) groups excluding carboxylic acids is 1. The van der Waals surface area contributed by atoms with Gasteiger partial charge in [0.15, 0.2) is 5.69 Å². The molecule has 0 amide bonds. The summed E-state index contributed by atoms with van der Waals surface area (Å²) in [5, 5.41) is 4.68. The van der Waals surface area contributed by atoms with E-state index in [1.807, 2.05) is 6.07 Å². The zero-order valence-corrected chi connectivity index (χ0v) is 10.5. The van der Waals surface area contributed by atoms with Crippen LogP contribution in [-0.2, 0) is 4.74 Å². The summed E-state index contributed by atoms with van der Waals surface area (Å²) in [5.74, 6) is -0.532. The van der Waals surface area contributed by atoms with Gasteiger partial charge in [-0.3, -0.25) is 0 Å². The fraction of sp³-hybridized carbons (Fsp3) is 0.167. The molecule has 0 fully saturated rings. The predicted molar refractivity (Wildman–Crippen MR) is 68.9 cm³/mol. The third-order valence-corrected chi connectivity index (χ3v) is 2.52. The number of anilines is 1. The molecule has 1 aromatic carbocycles. The first kappa shape index (κ1) is 12.4. The summed E-state index contributed by atoms with van der Waals surface area (Å²) in [6.45, 7) is 2.00. The van der Waals surface area contributed by atoms with Crippen LogP contribution in [0.4, 0.5) is 5.69 Å². The standard InChI is InChI=1S/C12H12ClN3O2/c1-2-18-12(17)11-10(14)7-16(15-11)9-5-3-4-8(13)6-9/h3-7H,2,14H2,1H3. The number of rotatable bonds is 3. The Morgan fingerprint density at radius 1 is 1.56 bits per heavy atom. The van der Waals surface area contributed by atoms with E-state index in [-0.39, 0.29) is 18.0 Å². The highest BCUT2D eigenvalue weighted by molar-refractivity contribution is 6.30. The molecule has 5 nitrogen and oxygen atoms in total. The number of ether oxygens (including phenoxy) is 1. The summed E-state index contributed by atoms with van der Waals surface area (Å²) >= 11 is 5.89. The van der Waals surface area contributed by atoms with Gasteiger partial charge in [0.25, 0.3) is 0 Å². The van der Waals surface area contributed by atoms with E-state index in [9.17, 15) is 4.79 Å². The monoisotopic (exact) mass is 265 g/mol. The van der Waals surface area contributed by atoms with Crippen LogP contribution in [0.2, 0.25) is 5.02 Å². The van der Waals surface area contributed by atoms with E-state index < -0.39 is 5.97 Å². The molecular formula is C12H12ClN3O2. The number of benzene rings is 1. The van der Waals surface area contributed by atoms with Crippen LogP contribution in [0.15, 0.2) is 30.5 Å². The van der Waals surface area contributed by atoms with Crippen molar-refractivity contribution >= 4 is 23.3 Å². The molecular weight excluding hydrogens is 254 g/mol. The Morgan fingerprint density at radius 3 is 3.00 bits per heavy atom. The van der Waals surface area contributed by atoms with Crippen molar-refractivity contribution in [1.82, 2.24) is 9.78 Å². The lowest BCUT2D eigenvalue weighted by Gasteiger charge is -2.01. The Kier molecular flexibility index (Phi) is 3.53. The van der Waals surface area contributed by atoms with Gasteiger partial charge in [-0.1, -0.05) is 17.7 Å². The van der Waals surface area contributed by atoms with E-state index in [0.29, 0.717) is 5.02 Å². The molecule has 0 radical (unpaired) electrons. The zero-order valence-electron chi connectivity index (χ0n) is 9.76. The molecule has 0 spiro atoms. The van der Waals surface area contributed by atoms with E-state index in [0.717, 1.165) is 5.69 Å². The van der Waals surface area contributed by atoms with E-state index in [1.54, 1.807) is 31.3 Å². The van der Waals surface area contributed by atoms with Crippen LogP contribution in [0.25, 0.3) is 5.69 Å². The minimum absolute atomic E-state index is 0.108. The highest BCUT2D eigenvalue weighted by Gasteiger charge is 2.16. The number of hydrogen-bond acceptors (Lipinski definition) is 4. The number of nitrogens with two attached hydrogens (primary N) is 1. The molecule has 0 unspecified atom stereocenters. The van der Waals surface area contributed by atoms with Crippen LogP contribution in [0.3, 0.4) is 0 Å². The van der Waals surface area contributed by atoms with Gasteiger partial charge in [0.05, 0.1) is 24.2 Å². The quantitative estimate of drug-likeness (QED) is 0.865. The van der Waals surface area contributed by atoms with Crippen molar-refractivity contribution in [2.45, 2.75) is 6.92 Å². The Bertz CT molecular complexity index is 580. The van der Waals surface area contributed by atoms with Gasteiger partial charge in [-0.25, -0.2) is 9.48 Å². The molecule has 0 aliphatic rings. The van der Waals surface area contributed by atoms with Crippen molar-refractivity contribution in [1.29, 1.82) is 0 Å². The normalized spacial score (nSPS) is 10.3. The van der Waals surface area contributed by atoms with Crippen molar-refractivity contribution in [3.05, 3.63) is 41.2 Å². The zero-order chi connectivity index (χ0) is 13.1. The van der Waals surface area contributed by atoms with E-state index in [1.165, 1.54) is 4.68 Å². The average Bonchev–Trinajstić information content (AvgIpc) is 2.72. The minimum Gasteiger partial charge on any atom is -0.461 e. The summed E-state index contributed by atoms with van der Waals surface area (Å²) in [7, 11) is 0. The molecule has 2 rings (SSSR count). The summed E-state index contributed by atoms with van der Waals surface area (Å²) < 4.78 is 6.35. The number of hydrogen-bond donors (Lipinski definition) is 1. The highest BCUT2D eigenvalue weighted by Crippen LogP contribution is 2.18. The number of esters is 1. The van der Waals surface area contributed by atoms with Gasteiger partial charge in [-0.15, -0.1) is 0 Å². The van der Waals surface area contributed by atoms with Gasteiger partial charge in [-0.2, -0.15) is 5.10 Å². The number of halogens is 1. The first-order valence-electron chi connectivity index (χ1n) is 5.40. The largest absolute Gasteiger partial charge is 0.461 e. The third-order valence-electron chi connectivity index (χ3n) is 2.28. The van der Waals surface area contributed by atoms with Gasteiger partial charge in [0, 0.05) is 5.02 Å². The first-order valence-corrected chi connectivity index (χ1v) is 5.78. The van der Waals surface area contributed by atoms with E-state index in [4.69, 9.17) is 22.1 Å². The van der Waals surface area contributed by atoms with Gasteiger partial charge in [0.1, 0.15) is 0 Å². The molecule has 2 aromatic rings. The van der Waals surface area contributed by atoms with Crippen LogP contribution in [0.1, 0.15) is 17.4 Å². The SMILES string of the molecule is CCOC(=O)c1nn(-c2cccc(Cl)c2)cc1N. The smallest absolute Gasteiger partial charge is 0.361 e. The molecule has 0 bridgehead atoms. The van der Waals surface area contributed by atoms with Crippen molar-refractivity contribution in [3.8, 4) is 5.69 Å². The Morgan fingerprint density at radius 2 is 2.33 bits per heavy atom. The fourth-order valence-corrected chi connectivity index (χ4v) is 1.68. The Balaban J connectivity index is 2.37. The van der Waals surface area contributed by atoms with E-state index in [2.05, 4.69) is 5.10 Å². The Hall–Kier alpha value is -2.01. The maximum absolute atomic E-state index is 11.6. The van der Waals surface area contributed by atoms with Crippen molar-refractivity contribution in [2.75, 3.05) is 12.3 Å². The van der Waals surface area contributed by atoms with E-state index >= 15 is 0 Å². The van der Waals surface area contributed by atoms with Gasteiger partial charge in [0.2, 0.25) is 0 Å². The van der Waals surface area contributed by atoms with Crippen LogP contribution in [0, 0.1) is 0 Å². The molecule has 0 atom stereocenters. The maximum atomic E-state index is 11.6. The molecule has 0 aliphatic heterocycles. The molecule has 0 saturated heterocycles. The van der Waals surface area contributed by atoms with Gasteiger partial charge in [-0.05, 0) is 25.1 Å². The number of nitrogens with zero attached hydrogens (tertiary/aromatic N) is 2. The van der Waals surface area contributed by atoms with Crippen LogP contribution in [0.5, 0.6) is 0 Å².